The van der Waals surface area contributed by atoms with Gasteiger partial charge in [0.2, 0.25) is 0 Å². The smallest absolute Gasteiger partial charge is 0.337 e. The molecular weight excluding hydrogens is 662 g/mol. The molecule has 2 fully saturated rings. The van der Waals surface area contributed by atoms with Crippen molar-refractivity contribution in [1.82, 2.24) is 9.80 Å². The SMILES string of the molecule is COC(=O)c1ccc(CN(C(=O)N2CCOCC2)c2ccccc2)cc1.NCC(=O)c1ccc(CN(C(=O)N2CCOCC2)c2ccccc2)cc1. The van der Waals surface area contributed by atoms with Crippen LogP contribution in [0.25, 0.3) is 0 Å². The van der Waals surface area contributed by atoms with E-state index in [0.29, 0.717) is 76.8 Å². The summed E-state index contributed by atoms with van der Waals surface area (Å²) in [6, 6.07) is 33.4. The van der Waals surface area contributed by atoms with E-state index < -0.39 is 0 Å². The van der Waals surface area contributed by atoms with E-state index in [2.05, 4.69) is 0 Å². The van der Waals surface area contributed by atoms with Gasteiger partial charge in [-0.2, -0.15) is 0 Å². The number of ether oxygens (including phenoxy) is 3. The maximum Gasteiger partial charge on any atom is 0.337 e. The Morgan fingerprint density at radius 3 is 1.35 bits per heavy atom. The summed E-state index contributed by atoms with van der Waals surface area (Å²) in [5.74, 6) is -0.471. The number of esters is 1. The van der Waals surface area contributed by atoms with Crippen molar-refractivity contribution >= 4 is 35.2 Å². The van der Waals surface area contributed by atoms with E-state index >= 15 is 0 Å². The van der Waals surface area contributed by atoms with Crippen LogP contribution >= 0.6 is 0 Å². The van der Waals surface area contributed by atoms with Crippen molar-refractivity contribution in [3.05, 3.63) is 131 Å². The number of amides is 4. The van der Waals surface area contributed by atoms with Crippen molar-refractivity contribution in [3.63, 3.8) is 0 Å². The van der Waals surface area contributed by atoms with E-state index in [1.165, 1.54) is 7.11 Å². The second kappa shape index (κ2) is 19.2. The first-order valence-electron chi connectivity index (χ1n) is 17.3. The first kappa shape index (κ1) is 37.7. The maximum atomic E-state index is 13.1. The van der Waals surface area contributed by atoms with Crippen molar-refractivity contribution < 1.29 is 33.4 Å². The highest BCUT2D eigenvalue weighted by atomic mass is 16.5. The zero-order chi connectivity index (χ0) is 36.7. The number of anilines is 2. The highest BCUT2D eigenvalue weighted by Gasteiger charge is 2.26. The molecule has 2 heterocycles. The van der Waals surface area contributed by atoms with Gasteiger partial charge in [-0.25, -0.2) is 14.4 Å². The number of carbonyl (C=O) groups excluding carboxylic acids is 4. The molecule has 0 spiro atoms. The number of urea groups is 2. The van der Waals surface area contributed by atoms with Gasteiger partial charge in [0.15, 0.2) is 5.78 Å². The van der Waals surface area contributed by atoms with Gasteiger partial charge in [-0.1, -0.05) is 72.8 Å². The lowest BCUT2D eigenvalue weighted by atomic mass is 10.1. The van der Waals surface area contributed by atoms with E-state index in [9.17, 15) is 19.2 Å². The summed E-state index contributed by atoms with van der Waals surface area (Å²) in [7, 11) is 1.36. The lowest BCUT2D eigenvalue weighted by molar-refractivity contribution is 0.0548. The molecule has 4 aromatic rings. The molecule has 0 atom stereocenters. The number of hydrogen-bond donors (Lipinski definition) is 1. The predicted molar refractivity (Wildman–Crippen MR) is 198 cm³/mol. The Morgan fingerprint density at radius 1 is 0.596 bits per heavy atom. The first-order chi connectivity index (χ1) is 25.4. The van der Waals surface area contributed by atoms with Crippen LogP contribution in [0.4, 0.5) is 21.0 Å². The Kier molecular flexibility index (Phi) is 13.9. The van der Waals surface area contributed by atoms with E-state index in [4.69, 9.17) is 19.9 Å². The average Bonchev–Trinajstić information content (AvgIpc) is 3.22. The Labute approximate surface area is 304 Å². The molecule has 4 aromatic carbocycles. The maximum absolute atomic E-state index is 13.1. The third-order valence-electron chi connectivity index (χ3n) is 8.68. The van der Waals surface area contributed by atoms with Crippen molar-refractivity contribution in [2.24, 2.45) is 5.73 Å². The fourth-order valence-electron chi connectivity index (χ4n) is 5.75. The molecule has 4 amide bonds. The highest BCUT2D eigenvalue weighted by molar-refractivity contribution is 5.97. The van der Waals surface area contributed by atoms with Gasteiger partial charge in [-0.15, -0.1) is 0 Å². The molecule has 0 radical (unpaired) electrons. The third kappa shape index (κ3) is 10.3. The van der Waals surface area contributed by atoms with Crippen LogP contribution in [0.5, 0.6) is 0 Å². The minimum atomic E-state index is -0.374. The number of Topliss-reactive ketones (excluding diaryl/α,β-unsaturated/α-hetero) is 1. The second-order valence-corrected chi connectivity index (χ2v) is 12.1. The van der Waals surface area contributed by atoms with Gasteiger partial charge < -0.3 is 29.7 Å². The molecule has 12 nitrogen and oxygen atoms in total. The Balaban J connectivity index is 0.000000201. The quantitative estimate of drug-likeness (QED) is 0.185. The monoisotopic (exact) mass is 707 g/mol. The third-order valence-corrected chi connectivity index (χ3v) is 8.68. The molecule has 2 aliphatic rings. The number of benzene rings is 4. The van der Waals surface area contributed by atoms with Crippen LogP contribution < -0.4 is 15.5 Å². The van der Waals surface area contributed by atoms with Gasteiger partial charge in [0.25, 0.3) is 0 Å². The zero-order valence-corrected chi connectivity index (χ0v) is 29.4. The fourth-order valence-corrected chi connectivity index (χ4v) is 5.75. The molecule has 6 rings (SSSR count). The summed E-state index contributed by atoms with van der Waals surface area (Å²) in [5.41, 5.74) is 10.0. The van der Waals surface area contributed by atoms with Crippen LogP contribution in [-0.4, -0.2) is 99.9 Å². The lowest BCUT2D eigenvalue weighted by Gasteiger charge is -2.33. The molecule has 2 aliphatic heterocycles. The van der Waals surface area contributed by atoms with E-state index in [0.717, 1.165) is 22.5 Å². The second-order valence-electron chi connectivity index (χ2n) is 12.1. The number of morpholine rings is 2. The minimum Gasteiger partial charge on any atom is -0.465 e. The molecule has 0 aromatic heterocycles. The number of methoxy groups -OCH3 is 1. The van der Waals surface area contributed by atoms with Gasteiger partial charge in [0.1, 0.15) is 0 Å². The molecule has 12 heteroatoms. The number of nitrogens with two attached hydrogens (primary N) is 1. The first-order valence-corrected chi connectivity index (χ1v) is 17.3. The number of rotatable bonds is 9. The Bertz CT molecular complexity index is 1610. The van der Waals surface area contributed by atoms with Gasteiger partial charge in [-0.3, -0.25) is 14.6 Å². The normalized spacial score (nSPS) is 14.0. The fraction of sp³-hybridized carbons (Fsp3) is 0.300. The van der Waals surface area contributed by atoms with Crippen LogP contribution in [0.15, 0.2) is 109 Å². The van der Waals surface area contributed by atoms with Crippen molar-refractivity contribution in [3.8, 4) is 0 Å². The van der Waals surface area contributed by atoms with Crippen LogP contribution in [0, 0.1) is 0 Å². The molecule has 2 N–H and O–H groups in total. The summed E-state index contributed by atoms with van der Waals surface area (Å²) in [5, 5.41) is 0. The lowest BCUT2D eigenvalue weighted by Crippen LogP contribution is -2.48. The van der Waals surface area contributed by atoms with E-state index in [1.807, 2.05) is 89.8 Å². The molecule has 0 bridgehead atoms. The van der Waals surface area contributed by atoms with Gasteiger partial charge in [-0.05, 0) is 47.5 Å². The molecular formula is C40H45N5O7. The van der Waals surface area contributed by atoms with Crippen LogP contribution in [0.2, 0.25) is 0 Å². The predicted octanol–water partition coefficient (Wildman–Crippen LogP) is 5.22. The van der Waals surface area contributed by atoms with Crippen LogP contribution in [0.3, 0.4) is 0 Å². The summed E-state index contributed by atoms with van der Waals surface area (Å²) >= 11 is 0. The molecule has 0 saturated carbocycles. The minimum absolute atomic E-state index is 0.00892. The Hall–Kier alpha value is -5.56. The van der Waals surface area contributed by atoms with Gasteiger partial charge in [0, 0.05) is 43.1 Å². The topological polar surface area (TPSA) is 135 Å². The number of para-hydroxylation sites is 2. The molecule has 2 saturated heterocycles. The summed E-state index contributed by atoms with van der Waals surface area (Å²) in [6.07, 6.45) is 0. The summed E-state index contributed by atoms with van der Waals surface area (Å²) in [6.45, 7) is 5.42. The molecule has 272 valence electrons. The van der Waals surface area contributed by atoms with Gasteiger partial charge >= 0.3 is 18.0 Å². The number of carbonyl (C=O) groups is 4. The molecule has 52 heavy (non-hydrogen) atoms. The number of ketones is 1. The molecule has 0 unspecified atom stereocenters. The van der Waals surface area contributed by atoms with Crippen LogP contribution in [-0.2, 0) is 27.3 Å². The largest absolute Gasteiger partial charge is 0.465 e. The van der Waals surface area contributed by atoms with Gasteiger partial charge in [0.05, 0.1) is 58.7 Å². The number of nitrogens with zero attached hydrogens (tertiary/aromatic N) is 4. The van der Waals surface area contributed by atoms with Crippen molar-refractivity contribution in [2.75, 3.05) is 76.1 Å². The standard InChI is InChI=1S/C20H23N3O3.C20H22N2O4/c21-14-19(24)17-8-6-16(7-9-17)15-23(18-4-2-1-3-5-18)20(25)22-10-12-26-13-11-22;1-25-19(23)17-9-7-16(8-10-17)15-22(18-5-3-2-4-6-18)20(24)21-11-13-26-14-12-21/h1-9H,10-15,21H2;2-10H,11-15H2,1H3. The molecule has 0 aliphatic carbocycles. The van der Waals surface area contributed by atoms with Crippen molar-refractivity contribution in [2.45, 2.75) is 13.1 Å². The van der Waals surface area contributed by atoms with E-state index in [1.54, 1.807) is 39.0 Å². The zero-order valence-electron chi connectivity index (χ0n) is 29.4. The average molecular weight is 708 g/mol. The highest BCUT2D eigenvalue weighted by Crippen LogP contribution is 2.22. The van der Waals surface area contributed by atoms with E-state index in [-0.39, 0.29) is 30.4 Å². The van der Waals surface area contributed by atoms with Crippen LogP contribution in [0.1, 0.15) is 31.8 Å². The number of hydrogen-bond acceptors (Lipinski definition) is 8. The van der Waals surface area contributed by atoms with Crippen molar-refractivity contribution in [1.29, 1.82) is 0 Å². The summed E-state index contributed by atoms with van der Waals surface area (Å²) in [4.78, 5) is 56.5. The Morgan fingerprint density at radius 2 is 0.981 bits per heavy atom. The summed E-state index contributed by atoms with van der Waals surface area (Å²) < 4.78 is 15.4.